The van der Waals surface area contributed by atoms with Crippen LogP contribution in [0.3, 0.4) is 0 Å². The van der Waals surface area contributed by atoms with Crippen molar-refractivity contribution in [1.82, 2.24) is 19.5 Å². The Morgan fingerprint density at radius 2 is 2.35 bits per heavy atom. The van der Waals surface area contributed by atoms with Crippen LogP contribution in [-0.2, 0) is 6.42 Å². The molecule has 2 aromatic heterocycles. The average Bonchev–Trinajstić information content (AvgIpc) is 2.85. The molecule has 0 amide bonds. The third-order valence-electron chi connectivity index (χ3n) is 3.43. The summed E-state index contributed by atoms with van der Waals surface area (Å²) in [5, 5.41) is 4.52. The average molecular weight is 295 g/mol. The Kier molecular flexibility index (Phi) is 2.88. The van der Waals surface area contributed by atoms with E-state index in [1.807, 2.05) is 22.8 Å². The number of likely N-dealkylation sites (N-methyl/N-ethyl adjacent to an activating group) is 1. The summed E-state index contributed by atoms with van der Waals surface area (Å²) < 4.78 is 2.87. The second-order valence-electron chi connectivity index (χ2n) is 4.66. The molecule has 0 bridgehead atoms. The minimum Gasteiger partial charge on any atom is -0.303 e. The first kappa shape index (κ1) is 11.2. The van der Waals surface area contributed by atoms with Gasteiger partial charge in [0.1, 0.15) is 0 Å². The highest BCUT2D eigenvalue weighted by molar-refractivity contribution is 9.10. The molecule has 1 atom stereocenters. The van der Waals surface area contributed by atoms with E-state index in [-0.39, 0.29) is 0 Å². The van der Waals surface area contributed by atoms with Crippen molar-refractivity contribution in [1.29, 1.82) is 0 Å². The Morgan fingerprint density at radius 1 is 1.47 bits per heavy atom. The van der Waals surface area contributed by atoms with Crippen LogP contribution in [0, 0.1) is 0 Å². The molecule has 2 aromatic rings. The minimum atomic E-state index is 0.607. The van der Waals surface area contributed by atoms with E-state index in [2.05, 4.69) is 38.0 Å². The second kappa shape index (κ2) is 4.38. The van der Waals surface area contributed by atoms with Gasteiger partial charge in [0, 0.05) is 23.1 Å². The standard InChI is InChI=1S/C12H15BrN4/c1-16-6-2-3-10(16)7-11-14-12-5-4-9(13)8-17(12)15-11/h4-5,8,10H,2-3,6-7H2,1H3. The lowest BCUT2D eigenvalue weighted by atomic mass is 10.1. The van der Waals surface area contributed by atoms with Gasteiger partial charge in [-0.1, -0.05) is 0 Å². The quantitative estimate of drug-likeness (QED) is 0.851. The number of hydrogen-bond acceptors (Lipinski definition) is 3. The Labute approximate surface area is 109 Å². The van der Waals surface area contributed by atoms with Gasteiger partial charge in [-0.05, 0) is 54.5 Å². The highest BCUT2D eigenvalue weighted by Crippen LogP contribution is 2.18. The highest BCUT2D eigenvalue weighted by Gasteiger charge is 2.22. The molecule has 3 rings (SSSR count). The maximum absolute atomic E-state index is 4.56. The molecule has 5 heteroatoms. The monoisotopic (exact) mass is 294 g/mol. The third kappa shape index (κ3) is 2.21. The molecule has 0 spiro atoms. The highest BCUT2D eigenvalue weighted by atomic mass is 79.9. The number of pyridine rings is 1. The summed E-state index contributed by atoms with van der Waals surface area (Å²) >= 11 is 3.44. The van der Waals surface area contributed by atoms with Crippen LogP contribution in [0.25, 0.3) is 5.65 Å². The van der Waals surface area contributed by atoms with Crippen molar-refractivity contribution in [2.45, 2.75) is 25.3 Å². The van der Waals surface area contributed by atoms with Crippen LogP contribution in [0.1, 0.15) is 18.7 Å². The van der Waals surface area contributed by atoms with Crippen molar-refractivity contribution in [3.8, 4) is 0 Å². The Bertz CT molecular complexity index is 536. The summed E-state index contributed by atoms with van der Waals surface area (Å²) in [6.07, 6.45) is 5.45. The van der Waals surface area contributed by atoms with Crippen LogP contribution in [0.15, 0.2) is 22.8 Å². The second-order valence-corrected chi connectivity index (χ2v) is 5.57. The van der Waals surface area contributed by atoms with Crippen LogP contribution in [-0.4, -0.2) is 39.1 Å². The van der Waals surface area contributed by atoms with E-state index in [9.17, 15) is 0 Å². The summed E-state index contributed by atoms with van der Waals surface area (Å²) in [5.41, 5.74) is 0.920. The fourth-order valence-corrected chi connectivity index (χ4v) is 2.76. The molecule has 1 unspecified atom stereocenters. The smallest absolute Gasteiger partial charge is 0.155 e. The molecule has 0 radical (unpaired) electrons. The first-order chi connectivity index (χ1) is 8.22. The molecule has 17 heavy (non-hydrogen) atoms. The lowest BCUT2D eigenvalue weighted by Crippen LogP contribution is -2.27. The van der Waals surface area contributed by atoms with Gasteiger partial charge in [-0.25, -0.2) is 9.50 Å². The van der Waals surface area contributed by atoms with Gasteiger partial charge in [0.05, 0.1) is 0 Å². The topological polar surface area (TPSA) is 33.4 Å². The number of nitrogens with zero attached hydrogens (tertiary/aromatic N) is 4. The van der Waals surface area contributed by atoms with Crippen LogP contribution < -0.4 is 0 Å². The molecule has 0 saturated carbocycles. The van der Waals surface area contributed by atoms with Gasteiger partial charge >= 0.3 is 0 Å². The van der Waals surface area contributed by atoms with Crippen molar-refractivity contribution >= 4 is 21.6 Å². The van der Waals surface area contributed by atoms with Gasteiger partial charge in [-0.2, -0.15) is 5.10 Å². The zero-order valence-electron chi connectivity index (χ0n) is 9.80. The van der Waals surface area contributed by atoms with Crippen molar-refractivity contribution in [3.63, 3.8) is 0 Å². The summed E-state index contributed by atoms with van der Waals surface area (Å²) in [6.45, 7) is 1.20. The molecule has 0 aliphatic carbocycles. The van der Waals surface area contributed by atoms with Crippen molar-refractivity contribution < 1.29 is 0 Å². The largest absolute Gasteiger partial charge is 0.303 e. The van der Waals surface area contributed by atoms with Crippen LogP contribution in [0.2, 0.25) is 0 Å². The fourth-order valence-electron chi connectivity index (χ4n) is 2.44. The predicted molar refractivity (Wildman–Crippen MR) is 70.0 cm³/mol. The van der Waals surface area contributed by atoms with E-state index in [1.54, 1.807) is 0 Å². The summed E-state index contributed by atoms with van der Waals surface area (Å²) in [7, 11) is 2.18. The number of halogens is 1. The zero-order chi connectivity index (χ0) is 11.8. The van der Waals surface area contributed by atoms with Gasteiger partial charge in [0.15, 0.2) is 11.5 Å². The van der Waals surface area contributed by atoms with Gasteiger partial charge in [0.2, 0.25) is 0 Å². The number of likely N-dealkylation sites (tertiary alicyclic amines) is 1. The molecule has 1 fully saturated rings. The van der Waals surface area contributed by atoms with E-state index in [1.165, 1.54) is 19.4 Å². The Morgan fingerprint density at radius 3 is 3.12 bits per heavy atom. The molecule has 0 N–H and O–H groups in total. The van der Waals surface area contributed by atoms with Gasteiger partial charge < -0.3 is 4.90 Å². The van der Waals surface area contributed by atoms with Crippen molar-refractivity contribution in [3.05, 3.63) is 28.6 Å². The fraction of sp³-hybridized carbons (Fsp3) is 0.500. The normalized spacial score (nSPS) is 21.4. The van der Waals surface area contributed by atoms with Crippen molar-refractivity contribution in [2.24, 2.45) is 0 Å². The number of fused-ring (bicyclic) bond motifs is 1. The van der Waals surface area contributed by atoms with Gasteiger partial charge in [-0.15, -0.1) is 0 Å². The number of rotatable bonds is 2. The molecule has 0 aromatic carbocycles. The third-order valence-corrected chi connectivity index (χ3v) is 3.90. The number of hydrogen-bond donors (Lipinski definition) is 0. The van der Waals surface area contributed by atoms with E-state index >= 15 is 0 Å². The summed E-state index contributed by atoms with van der Waals surface area (Å²) in [4.78, 5) is 6.96. The Hall–Kier alpha value is -0.940. The molecular weight excluding hydrogens is 280 g/mol. The van der Waals surface area contributed by atoms with E-state index in [0.29, 0.717) is 6.04 Å². The maximum atomic E-state index is 4.56. The lowest BCUT2D eigenvalue weighted by Gasteiger charge is -2.17. The summed E-state index contributed by atoms with van der Waals surface area (Å²) in [5.74, 6) is 0.946. The van der Waals surface area contributed by atoms with Crippen molar-refractivity contribution in [2.75, 3.05) is 13.6 Å². The van der Waals surface area contributed by atoms with Gasteiger partial charge in [-0.3, -0.25) is 0 Å². The Balaban J connectivity index is 1.85. The first-order valence-corrected chi connectivity index (χ1v) is 6.73. The first-order valence-electron chi connectivity index (χ1n) is 5.93. The maximum Gasteiger partial charge on any atom is 0.155 e. The predicted octanol–water partition coefficient (Wildman–Crippen LogP) is 2.13. The molecule has 1 saturated heterocycles. The molecule has 4 nitrogen and oxygen atoms in total. The lowest BCUT2D eigenvalue weighted by molar-refractivity contribution is 0.306. The molecule has 3 heterocycles. The van der Waals surface area contributed by atoms with Crippen LogP contribution in [0.4, 0.5) is 0 Å². The minimum absolute atomic E-state index is 0.607. The van der Waals surface area contributed by atoms with Crippen LogP contribution >= 0.6 is 15.9 Å². The van der Waals surface area contributed by atoms with E-state index < -0.39 is 0 Å². The molecular formula is C12H15BrN4. The molecule has 1 aliphatic rings. The van der Waals surface area contributed by atoms with E-state index in [0.717, 1.165) is 22.4 Å². The van der Waals surface area contributed by atoms with Crippen LogP contribution in [0.5, 0.6) is 0 Å². The van der Waals surface area contributed by atoms with E-state index in [4.69, 9.17) is 0 Å². The zero-order valence-corrected chi connectivity index (χ0v) is 11.4. The number of aromatic nitrogens is 3. The SMILES string of the molecule is CN1CCCC1Cc1nc2ccc(Br)cn2n1. The summed E-state index contributed by atoms with van der Waals surface area (Å²) in [6, 6.07) is 4.59. The van der Waals surface area contributed by atoms with Gasteiger partial charge in [0.25, 0.3) is 0 Å². The molecule has 90 valence electrons. The molecule has 1 aliphatic heterocycles.